The van der Waals surface area contributed by atoms with E-state index in [2.05, 4.69) is 24.5 Å². The number of carbonyl (C=O) groups is 2. The summed E-state index contributed by atoms with van der Waals surface area (Å²) in [6.45, 7) is 6.59. The quantitative estimate of drug-likeness (QED) is 0.536. The maximum absolute atomic E-state index is 12.0. The van der Waals surface area contributed by atoms with Gasteiger partial charge in [-0.1, -0.05) is 32.0 Å². The molecule has 1 unspecified atom stereocenters. The molecule has 1 aromatic rings. The lowest BCUT2D eigenvalue weighted by atomic mass is 10.0. The highest BCUT2D eigenvalue weighted by atomic mass is 35.5. The zero-order valence-electron chi connectivity index (χ0n) is 13.9. The van der Waals surface area contributed by atoms with Crippen molar-refractivity contribution in [1.29, 1.82) is 0 Å². The summed E-state index contributed by atoms with van der Waals surface area (Å²) in [5, 5.41) is 5.41. The second-order valence-corrected chi connectivity index (χ2v) is 5.91. The molecule has 0 aliphatic heterocycles. The Morgan fingerprint density at radius 2 is 1.78 bits per heavy atom. The second-order valence-electron chi connectivity index (χ2n) is 5.53. The maximum atomic E-state index is 12.0. The van der Waals surface area contributed by atoms with Crippen molar-refractivity contribution in [3.63, 3.8) is 0 Å². The van der Waals surface area contributed by atoms with E-state index in [9.17, 15) is 9.59 Å². The standard InChI is InChI=1S/C17H25ClN2O3/c1-12(2)14-6-4-5-7-15(14)23-13(3)17(22)20-11-10-19-16(21)8-9-18/h4-7,12-13H,8-11H2,1-3H3,(H,19,21)(H,20,22). The van der Waals surface area contributed by atoms with Crippen LogP contribution in [0.5, 0.6) is 5.75 Å². The van der Waals surface area contributed by atoms with Gasteiger partial charge in [-0.15, -0.1) is 11.6 Å². The van der Waals surface area contributed by atoms with Crippen LogP contribution in [0.4, 0.5) is 0 Å². The van der Waals surface area contributed by atoms with Crippen molar-refractivity contribution < 1.29 is 14.3 Å². The van der Waals surface area contributed by atoms with Crippen LogP contribution in [0.3, 0.4) is 0 Å². The average molecular weight is 341 g/mol. The van der Waals surface area contributed by atoms with Crippen LogP contribution >= 0.6 is 11.6 Å². The third kappa shape index (κ3) is 6.91. The van der Waals surface area contributed by atoms with Crippen LogP contribution in [-0.4, -0.2) is 36.9 Å². The van der Waals surface area contributed by atoms with E-state index in [1.165, 1.54) is 0 Å². The first kappa shape index (κ1) is 19.3. The number of hydrogen-bond acceptors (Lipinski definition) is 3. The number of carbonyl (C=O) groups excluding carboxylic acids is 2. The number of para-hydroxylation sites is 1. The lowest BCUT2D eigenvalue weighted by Crippen LogP contribution is -2.40. The first-order valence-corrected chi connectivity index (χ1v) is 8.35. The van der Waals surface area contributed by atoms with Crippen LogP contribution < -0.4 is 15.4 Å². The van der Waals surface area contributed by atoms with Gasteiger partial charge in [0.15, 0.2) is 6.10 Å². The SMILES string of the molecule is CC(Oc1ccccc1C(C)C)C(=O)NCCNC(=O)CCCl. The van der Waals surface area contributed by atoms with Crippen molar-refractivity contribution in [3.8, 4) is 5.75 Å². The van der Waals surface area contributed by atoms with Gasteiger partial charge in [-0.05, 0) is 24.5 Å². The number of halogens is 1. The van der Waals surface area contributed by atoms with E-state index in [4.69, 9.17) is 16.3 Å². The third-order valence-corrected chi connectivity index (χ3v) is 3.47. The van der Waals surface area contributed by atoms with Gasteiger partial charge in [0, 0.05) is 25.4 Å². The van der Waals surface area contributed by atoms with Crippen LogP contribution in [0.15, 0.2) is 24.3 Å². The fraction of sp³-hybridized carbons (Fsp3) is 0.529. The van der Waals surface area contributed by atoms with Crippen LogP contribution in [0, 0.1) is 0 Å². The lowest BCUT2D eigenvalue weighted by molar-refractivity contribution is -0.127. The van der Waals surface area contributed by atoms with Gasteiger partial charge in [0.2, 0.25) is 5.91 Å². The van der Waals surface area contributed by atoms with Gasteiger partial charge in [-0.2, -0.15) is 0 Å². The molecule has 2 N–H and O–H groups in total. The molecule has 23 heavy (non-hydrogen) atoms. The smallest absolute Gasteiger partial charge is 0.260 e. The Morgan fingerprint density at radius 3 is 2.43 bits per heavy atom. The fourth-order valence-electron chi connectivity index (χ4n) is 2.01. The van der Waals surface area contributed by atoms with Crippen molar-refractivity contribution in [2.24, 2.45) is 0 Å². The van der Waals surface area contributed by atoms with Crippen molar-refractivity contribution in [2.45, 2.75) is 39.2 Å². The Bertz CT molecular complexity index is 520. The summed E-state index contributed by atoms with van der Waals surface area (Å²) >= 11 is 5.47. The van der Waals surface area contributed by atoms with Crippen molar-refractivity contribution in [1.82, 2.24) is 10.6 Å². The Balaban J connectivity index is 2.41. The molecule has 0 aromatic heterocycles. The molecule has 128 valence electrons. The van der Waals surface area contributed by atoms with E-state index in [0.717, 1.165) is 11.3 Å². The molecule has 0 spiro atoms. The number of hydrogen-bond donors (Lipinski definition) is 2. The molecule has 0 radical (unpaired) electrons. The largest absolute Gasteiger partial charge is 0.481 e. The Labute approximate surface area is 142 Å². The summed E-state index contributed by atoms with van der Waals surface area (Å²) in [5.41, 5.74) is 1.07. The van der Waals surface area contributed by atoms with Crippen molar-refractivity contribution in [3.05, 3.63) is 29.8 Å². The van der Waals surface area contributed by atoms with Crippen LogP contribution in [0.2, 0.25) is 0 Å². The average Bonchev–Trinajstić information content (AvgIpc) is 2.51. The molecule has 0 saturated carbocycles. The molecule has 2 amide bonds. The van der Waals surface area contributed by atoms with Gasteiger partial charge in [-0.3, -0.25) is 9.59 Å². The molecule has 1 aromatic carbocycles. The lowest BCUT2D eigenvalue weighted by Gasteiger charge is -2.18. The predicted octanol–water partition coefficient (Wildman–Crippen LogP) is 2.44. The number of benzene rings is 1. The molecule has 1 atom stereocenters. The van der Waals surface area contributed by atoms with E-state index in [1.807, 2.05) is 24.3 Å². The Hall–Kier alpha value is -1.75. The highest BCUT2D eigenvalue weighted by Crippen LogP contribution is 2.26. The number of ether oxygens (including phenoxy) is 1. The van der Waals surface area contributed by atoms with Crippen LogP contribution in [-0.2, 0) is 9.59 Å². The molecule has 1 rings (SSSR count). The summed E-state index contributed by atoms with van der Waals surface area (Å²) in [6.07, 6.45) is -0.325. The molecule has 0 aliphatic carbocycles. The van der Waals surface area contributed by atoms with E-state index in [1.54, 1.807) is 6.92 Å². The molecule has 6 heteroatoms. The first-order chi connectivity index (χ1) is 11.0. The Kier molecular flexibility index (Phi) is 8.48. The van der Waals surface area contributed by atoms with Crippen LogP contribution in [0.1, 0.15) is 38.7 Å². The van der Waals surface area contributed by atoms with Crippen molar-refractivity contribution in [2.75, 3.05) is 19.0 Å². The zero-order valence-corrected chi connectivity index (χ0v) is 14.7. The minimum atomic E-state index is -0.603. The molecular weight excluding hydrogens is 316 g/mol. The molecular formula is C17H25ClN2O3. The Morgan fingerprint density at radius 1 is 1.13 bits per heavy atom. The minimum Gasteiger partial charge on any atom is -0.481 e. The number of nitrogens with one attached hydrogen (secondary N) is 2. The van der Waals surface area contributed by atoms with E-state index in [0.29, 0.717) is 24.9 Å². The third-order valence-electron chi connectivity index (χ3n) is 3.28. The highest BCUT2D eigenvalue weighted by molar-refractivity contribution is 6.18. The molecule has 0 saturated heterocycles. The monoisotopic (exact) mass is 340 g/mol. The summed E-state index contributed by atoms with van der Waals surface area (Å²) in [7, 11) is 0. The number of amides is 2. The molecule has 5 nitrogen and oxygen atoms in total. The summed E-state index contributed by atoms with van der Waals surface area (Å²) < 4.78 is 5.77. The minimum absolute atomic E-state index is 0.121. The maximum Gasteiger partial charge on any atom is 0.260 e. The van der Waals surface area contributed by atoms with Gasteiger partial charge >= 0.3 is 0 Å². The van der Waals surface area contributed by atoms with Gasteiger partial charge in [0.05, 0.1) is 0 Å². The molecule has 0 bridgehead atoms. The van der Waals surface area contributed by atoms with E-state index < -0.39 is 6.10 Å². The van der Waals surface area contributed by atoms with Gasteiger partial charge < -0.3 is 15.4 Å². The number of rotatable bonds is 9. The summed E-state index contributed by atoms with van der Waals surface area (Å²) in [4.78, 5) is 23.3. The van der Waals surface area contributed by atoms with Gasteiger partial charge in [0.1, 0.15) is 5.75 Å². The van der Waals surface area contributed by atoms with Gasteiger partial charge in [0.25, 0.3) is 5.91 Å². The topological polar surface area (TPSA) is 67.4 Å². The highest BCUT2D eigenvalue weighted by Gasteiger charge is 2.16. The molecule has 0 fully saturated rings. The predicted molar refractivity (Wildman–Crippen MR) is 92.0 cm³/mol. The van der Waals surface area contributed by atoms with E-state index in [-0.39, 0.29) is 18.2 Å². The summed E-state index contributed by atoms with van der Waals surface area (Å²) in [6, 6.07) is 7.71. The number of alkyl halides is 1. The zero-order chi connectivity index (χ0) is 17.2. The fourth-order valence-corrected chi connectivity index (χ4v) is 2.19. The van der Waals surface area contributed by atoms with Gasteiger partial charge in [-0.25, -0.2) is 0 Å². The van der Waals surface area contributed by atoms with Crippen LogP contribution in [0.25, 0.3) is 0 Å². The molecule has 0 aliphatic rings. The first-order valence-electron chi connectivity index (χ1n) is 7.81. The van der Waals surface area contributed by atoms with Crippen molar-refractivity contribution >= 4 is 23.4 Å². The summed E-state index contributed by atoms with van der Waals surface area (Å²) in [5.74, 6) is 0.997. The molecule has 0 heterocycles. The van der Waals surface area contributed by atoms with E-state index >= 15 is 0 Å². The second kappa shape index (κ2) is 10.1. The normalized spacial score (nSPS) is 11.9.